The van der Waals surface area contributed by atoms with E-state index >= 15 is 0 Å². The Balaban J connectivity index is 1.86. The van der Waals surface area contributed by atoms with Crippen LogP contribution in [0.4, 0.5) is 0 Å². The highest BCUT2D eigenvalue weighted by Crippen LogP contribution is 2.23. The molecule has 124 valence electrons. The van der Waals surface area contributed by atoms with Crippen molar-refractivity contribution in [2.45, 2.75) is 18.9 Å². The van der Waals surface area contributed by atoms with Crippen molar-refractivity contribution in [3.05, 3.63) is 71.2 Å². The second kappa shape index (κ2) is 7.12. The summed E-state index contributed by atoms with van der Waals surface area (Å²) in [4.78, 5) is 26.8. The maximum atomic E-state index is 12.8. The van der Waals surface area contributed by atoms with Gasteiger partial charge in [0.1, 0.15) is 0 Å². The number of benzene rings is 1. The summed E-state index contributed by atoms with van der Waals surface area (Å²) in [5.74, 6) is -1.06. The van der Waals surface area contributed by atoms with Gasteiger partial charge >= 0.3 is 11.7 Å². The number of rotatable bonds is 4. The van der Waals surface area contributed by atoms with Gasteiger partial charge in [0.2, 0.25) is 6.10 Å². The second-order valence-corrected chi connectivity index (χ2v) is 5.64. The minimum atomic E-state index is -1.04. The average Bonchev–Trinajstić information content (AvgIpc) is 3.15. The van der Waals surface area contributed by atoms with Crippen molar-refractivity contribution in [1.29, 1.82) is 0 Å². The number of amides is 1. The highest BCUT2D eigenvalue weighted by Gasteiger charge is 2.32. The number of carbonyl (C=O) groups excluding carboxylic acids is 2. The zero-order valence-corrected chi connectivity index (χ0v) is 13.1. The molecule has 3 rings (SSSR count). The van der Waals surface area contributed by atoms with Gasteiger partial charge in [-0.1, -0.05) is 30.3 Å². The summed E-state index contributed by atoms with van der Waals surface area (Å²) in [6, 6.07) is 13.3. The van der Waals surface area contributed by atoms with E-state index < -0.39 is 12.1 Å². The fourth-order valence-corrected chi connectivity index (χ4v) is 2.75. The third kappa shape index (κ3) is 3.37. The SMILES string of the molecule is O=C(O[C@@H](C(=O)N1CCCC1)c1ccccc1)c1cccc[n+]1[O-]. The number of hydrogen-bond acceptors (Lipinski definition) is 4. The quantitative estimate of drug-likeness (QED) is 0.488. The predicted octanol–water partition coefficient (Wildman–Crippen LogP) is 1.84. The number of pyridine rings is 1. The maximum absolute atomic E-state index is 12.8. The van der Waals surface area contributed by atoms with Gasteiger partial charge in [0.05, 0.1) is 0 Å². The van der Waals surface area contributed by atoms with E-state index in [1.54, 1.807) is 35.2 Å². The van der Waals surface area contributed by atoms with Gasteiger partial charge in [-0.05, 0) is 18.9 Å². The lowest BCUT2D eigenvalue weighted by Gasteiger charge is -2.23. The molecule has 6 nitrogen and oxygen atoms in total. The summed E-state index contributed by atoms with van der Waals surface area (Å²) in [6.07, 6.45) is 2.06. The van der Waals surface area contributed by atoms with Crippen LogP contribution in [-0.4, -0.2) is 29.9 Å². The predicted molar refractivity (Wildman–Crippen MR) is 85.8 cm³/mol. The number of esters is 1. The molecule has 1 aromatic carbocycles. The Morgan fingerprint density at radius 3 is 2.38 bits per heavy atom. The fraction of sp³-hybridized carbons (Fsp3) is 0.278. The van der Waals surface area contributed by atoms with Crippen LogP contribution < -0.4 is 4.73 Å². The first-order valence-electron chi connectivity index (χ1n) is 7.90. The molecule has 1 amide bonds. The van der Waals surface area contributed by atoms with Gasteiger partial charge in [-0.15, -0.1) is 0 Å². The van der Waals surface area contributed by atoms with E-state index in [9.17, 15) is 14.8 Å². The second-order valence-electron chi connectivity index (χ2n) is 5.64. The van der Waals surface area contributed by atoms with Crippen LogP contribution >= 0.6 is 0 Å². The molecule has 1 aliphatic heterocycles. The normalized spacial score (nSPS) is 15.1. The molecule has 0 N–H and O–H groups in total. The first kappa shape index (κ1) is 16.0. The van der Waals surface area contributed by atoms with Crippen molar-refractivity contribution in [2.24, 2.45) is 0 Å². The Morgan fingerprint density at radius 2 is 1.71 bits per heavy atom. The molecule has 0 radical (unpaired) electrons. The van der Waals surface area contributed by atoms with Crippen LogP contribution in [-0.2, 0) is 9.53 Å². The summed E-state index contributed by atoms with van der Waals surface area (Å²) < 4.78 is 5.86. The Bertz CT molecular complexity index is 727. The fourth-order valence-electron chi connectivity index (χ4n) is 2.75. The summed E-state index contributed by atoms with van der Waals surface area (Å²) in [6.45, 7) is 1.32. The smallest absolute Gasteiger partial charge is 0.406 e. The van der Waals surface area contributed by atoms with Gasteiger partial charge in [0.15, 0.2) is 6.20 Å². The van der Waals surface area contributed by atoms with Crippen molar-refractivity contribution in [1.82, 2.24) is 4.90 Å². The third-order valence-electron chi connectivity index (χ3n) is 4.00. The Hall–Kier alpha value is -2.89. The lowest BCUT2D eigenvalue weighted by Crippen LogP contribution is -2.38. The first-order valence-corrected chi connectivity index (χ1v) is 7.90. The first-order chi connectivity index (χ1) is 11.7. The Kier molecular flexibility index (Phi) is 4.74. The molecule has 24 heavy (non-hydrogen) atoms. The van der Waals surface area contributed by atoms with Crippen LogP contribution in [0.2, 0.25) is 0 Å². The lowest BCUT2D eigenvalue weighted by atomic mass is 10.1. The average molecular weight is 326 g/mol. The van der Waals surface area contributed by atoms with Gasteiger partial charge in [-0.3, -0.25) is 4.79 Å². The van der Waals surface area contributed by atoms with Crippen LogP contribution in [0, 0.1) is 5.21 Å². The third-order valence-corrected chi connectivity index (χ3v) is 4.00. The zero-order valence-electron chi connectivity index (χ0n) is 13.1. The molecule has 0 aliphatic carbocycles. The molecular weight excluding hydrogens is 308 g/mol. The maximum Gasteiger partial charge on any atom is 0.406 e. The van der Waals surface area contributed by atoms with E-state index in [4.69, 9.17) is 4.74 Å². The van der Waals surface area contributed by atoms with Crippen molar-refractivity contribution in [2.75, 3.05) is 13.1 Å². The van der Waals surface area contributed by atoms with E-state index in [0.29, 0.717) is 23.4 Å². The largest absolute Gasteiger partial charge is 0.618 e. The van der Waals surface area contributed by atoms with Gasteiger partial charge in [0.25, 0.3) is 5.91 Å². The number of aromatic nitrogens is 1. The van der Waals surface area contributed by atoms with Gasteiger partial charge in [-0.2, -0.15) is 4.73 Å². The molecule has 1 saturated heterocycles. The summed E-state index contributed by atoms with van der Waals surface area (Å²) in [5.41, 5.74) is 0.448. The van der Waals surface area contributed by atoms with Crippen molar-refractivity contribution >= 4 is 11.9 Å². The Labute approximate surface area is 139 Å². The molecule has 2 heterocycles. The van der Waals surface area contributed by atoms with Crippen molar-refractivity contribution < 1.29 is 19.1 Å². The van der Waals surface area contributed by atoms with E-state index in [0.717, 1.165) is 12.8 Å². The molecule has 0 saturated carbocycles. The van der Waals surface area contributed by atoms with Crippen LogP contribution in [0.15, 0.2) is 54.7 Å². The topological polar surface area (TPSA) is 73.6 Å². The molecule has 1 aliphatic rings. The number of hydrogen-bond donors (Lipinski definition) is 0. The zero-order chi connectivity index (χ0) is 16.9. The van der Waals surface area contributed by atoms with Gasteiger partial charge in [-0.25, -0.2) is 4.79 Å². The van der Waals surface area contributed by atoms with Crippen molar-refractivity contribution in [3.8, 4) is 0 Å². The molecule has 6 heteroatoms. The van der Waals surface area contributed by atoms with Crippen LogP contribution in [0.5, 0.6) is 0 Å². The molecule has 1 aromatic heterocycles. The molecule has 2 aromatic rings. The highest BCUT2D eigenvalue weighted by molar-refractivity contribution is 5.90. The minimum Gasteiger partial charge on any atom is -0.618 e. The molecule has 0 bridgehead atoms. The van der Waals surface area contributed by atoms with Crippen LogP contribution in [0.3, 0.4) is 0 Å². The van der Waals surface area contributed by atoms with Crippen molar-refractivity contribution in [3.63, 3.8) is 0 Å². The highest BCUT2D eigenvalue weighted by atomic mass is 16.6. The van der Waals surface area contributed by atoms with E-state index in [2.05, 4.69) is 0 Å². The summed E-state index contributed by atoms with van der Waals surface area (Å²) >= 11 is 0. The number of carbonyl (C=O) groups is 2. The van der Waals surface area contributed by atoms with Crippen LogP contribution in [0.25, 0.3) is 0 Å². The number of nitrogens with zero attached hydrogens (tertiary/aromatic N) is 2. The van der Waals surface area contributed by atoms with Gasteiger partial charge < -0.3 is 14.8 Å². The number of likely N-dealkylation sites (tertiary alicyclic amines) is 1. The summed E-state index contributed by atoms with van der Waals surface area (Å²) in [5, 5.41) is 11.7. The minimum absolute atomic E-state index is 0.146. The lowest BCUT2D eigenvalue weighted by molar-refractivity contribution is -0.608. The molecule has 0 spiro atoms. The Morgan fingerprint density at radius 1 is 1.04 bits per heavy atom. The summed E-state index contributed by atoms with van der Waals surface area (Å²) in [7, 11) is 0. The van der Waals surface area contributed by atoms with E-state index in [1.807, 2.05) is 6.07 Å². The van der Waals surface area contributed by atoms with Crippen LogP contribution in [0.1, 0.15) is 35.0 Å². The number of ether oxygens (including phenoxy) is 1. The monoisotopic (exact) mass is 326 g/mol. The molecular formula is C18H18N2O4. The molecule has 1 atom stereocenters. The standard InChI is InChI=1S/C18H18N2O4/c21-17(19-11-6-7-12-19)16(14-8-2-1-3-9-14)24-18(22)15-10-4-5-13-20(15)23/h1-5,8-10,13,16H,6-7,11-12H2/t16-/m1/s1. The van der Waals surface area contributed by atoms with E-state index in [-0.39, 0.29) is 11.6 Å². The molecule has 1 fully saturated rings. The van der Waals surface area contributed by atoms with E-state index in [1.165, 1.54) is 18.3 Å². The molecule has 0 unspecified atom stereocenters. The van der Waals surface area contributed by atoms with Gasteiger partial charge in [0, 0.05) is 30.8 Å².